The molecule has 0 radical (unpaired) electrons. The highest BCUT2D eigenvalue weighted by Gasteiger charge is 2.31. The lowest BCUT2D eigenvalue weighted by molar-refractivity contribution is -0.142. The summed E-state index contributed by atoms with van der Waals surface area (Å²) in [6.07, 6.45) is 4.07. The van der Waals surface area contributed by atoms with Crippen molar-refractivity contribution in [2.75, 3.05) is 6.54 Å². The number of hydrogen-bond acceptors (Lipinski definition) is 6. The fourth-order valence-electron chi connectivity index (χ4n) is 4.62. The van der Waals surface area contributed by atoms with Crippen molar-refractivity contribution < 1.29 is 24.3 Å². The molecule has 3 amide bonds. The first-order chi connectivity index (χ1) is 18.9. The van der Waals surface area contributed by atoms with Crippen LogP contribution in [0.15, 0.2) is 30.5 Å². The highest BCUT2D eigenvalue weighted by molar-refractivity contribution is 5.94. The van der Waals surface area contributed by atoms with E-state index in [-0.39, 0.29) is 24.7 Å². The molecule has 0 bridgehead atoms. The molecule has 0 aliphatic rings. The van der Waals surface area contributed by atoms with Gasteiger partial charge in [0.1, 0.15) is 18.1 Å². The number of rotatable bonds is 17. The molecule has 1 aromatic carbocycles. The van der Waals surface area contributed by atoms with Crippen molar-refractivity contribution in [1.29, 1.82) is 0 Å². The van der Waals surface area contributed by atoms with Crippen LogP contribution in [0.25, 0.3) is 10.9 Å². The molecule has 11 heteroatoms. The van der Waals surface area contributed by atoms with Crippen molar-refractivity contribution in [1.82, 2.24) is 20.9 Å². The van der Waals surface area contributed by atoms with Gasteiger partial charge in [0.05, 0.1) is 6.04 Å². The standard InChI is InChI=1S/C29H46N6O5/c1-17(2)13-21(31)26(36)34-24(14-18(3)4)27(37)35-25(15-19-16-32-22-10-6-5-9-20(19)22)28(38)33-23(29(39)40)11-7-8-12-30/h5-6,9-10,16-18,21,23-25,32H,7-8,11-15,30-31H2,1-4H3,(H,33,38)(H,34,36)(H,35,37)(H,39,40). The molecule has 2 rings (SSSR count). The van der Waals surface area contributed by atoms with Crippen LogP contribution in [0.5, 0.6) is 0 Å². The van der Waals surface area contributed by atoms with Crippen LogP contribution in [-0.4, -0.2) is 64.5 Å². The zero-order valence-corrected chi connectivity index (χ0v) is 24.0. The summed E-state index contributed by atoms with van der Waals surface area (Å²) in [7, 11) is 0. The van der Waals surface area contributed by atoms with Gasteiger partial charge in [-0.2, -0.15) is 0 Å². The normalized spacial score (nSPS) is 14.5. The summed E-state index contributed by atoms with van der Waals surface area (Å²) >= 11 is 0. The van der Waals surface area contributed by atoms with Crippen LogP contribution >= 0.6 is 0 Å². The number of nitrogens with two attached hydrogens (primary N) is 2. The Balaban J connectivity index is 2.30. The maximum atomic E-state index is 13.5. The van der Waals surface area contributed by atoms with Crippen molar-refractivity contribution in [2.24, 2.45) is 23.3 Å². The summed E-state index contributed by atoms with van der Waals surface area (Å²) in [5, 5.41) is 18.7. The molecule has 0 saturated carbocycles. The number of aromatic nitrogens is 1. The molecule has 0 aliphatic heterocycles. The number of amides is 3. The molecule has 222 valence electrons. The van der Waals surface area contributed by atoms with Crippen LogP contribution in [0.3, 0.4) is 0 Å². The minimum Gasteiger partial charge on any atom is -0.480 e. The lowest BCUT2D eigenvalue weighted by Crippen LogP contribution is -2.58. The number of hydrogen-bond donors (Lipinski definition) is 7. The van der Waals surface area contributed by atoms with Crippen LogP contribution < -0.4 is 27.4 Å². The van der Waals surface area contributed by atoms with E-state index in [0.29, 0.717) is 32.2 Å². The van der Waals surface area contributed by atoms with Gasteiger partial charge in [0.2, 0.25) is 17.7 Å². The predicted octanol–water partition coefficient (Wildman–Crippen LogP) is 1.80. The predicted molar refractivity (Wildman–Crippen MR) is 155 cm³/mol. The van der Waals surface area contributed by atoms with Crippen molar-refractivity contribution in [3.63, 3.8) is 0 Å². The van der Waals surface area contributed by atoms with Gasteiger partial charge in [-0.1, -0.05) is 45.9 Å². The molecule has 4 unspecified atom stereocenters. The Morgan fingerprint density at radius 1 is 0.850 bits per heavy atom. The number of carboxylic acids is 1. The first kappa shape index (κ1) is 32.8. The number of unbranched alkanes of at least 4 members (excludes halogenated alkanes) is 1. The number of para-hydroxylation sites is 1. The maximum Gasteiger partial charge on any atom is 0.326 e. The second-order valence-corrected chi connectivity index (χ2v) is 11.2. The maximum absolute atomic E-state index is 13.5. The number of carboxylic acid groups (broad SMARTS) is 1. The molecule has 9 N–H and O–H groups in total. The lowest BCUT2D eigenvalue weighted by Gasteiger charge is -2.26. The number of H-pyrrole nitrogens is 1. The minimum absolute atomic E-state index is 0.0669. The van der Waals surface area contributed by atoms with Gasteiger partial charge < -0.3 is 37.5 Å². The van der Waals surface area contributed by atoms with Crippen molar-refractivity contribution in [3.8, 4) is 0 Å². The number of aromatic amines is 1. The average molecular weight is 559 g/mol. The Morgan fingerprint density at radius 2 is 1.45 bits per heavy atom. The number of carbonyl (C=O) groups excluding carboxylic acids is 3. The molecule has 40 heavy (non-hydrogen) atoms. The molecule has 0 saturated heterocycles. The molecule has 0 aliphatic carbocycles. The van der Waals surface area contributed by atoms with E-state index in [0.717, 1.165) is 16.5 Å². The van der Waals surface area contributed by atoms with Crippen molar-refractivity contribution in [3.05, 3.63) is 36.0 Å². The number of carbonyl (C=O) groups is 4. The Morgan fingerprint density at radius 3 is 2.08 bits per heavy atom. The summed E-state index contributed by atoms with van der Waals surface area (Å²) in [5.41, 5.74) is 13.2. The summed E-state index contributed by atoms with van der Waals surface area (Å²) < 4.78 is 0. The first-order valence-corrected chi connectivity index (χ1v) is 14.1. The quantitative estimate of drug-likeness (QED) is 0.144. The number of benzene rings is 1. The Labute approximate surface area is 236 Å². The van der Waals surface area contributed by atoms with Crippen molar-refractivity contribution >= 4 is 34.6 Å². The van der Waals surface area contributed by atoms with E-state index in [4.69, 9.17) is 11.5 Å². The van der Waals surface area contributed by atoms with Gasteiger partial charge >= 0.3 is 5.97 Å². The largest absolute Gasteiger partial charge is 0.480 e. The van der Waals surface area contributed by atoms with Crippen LogP contribution in [-0.2, 0) is 25.6 Å². The van der Waals surface area contributed by atoms with Gasteiger partial charge in [0, 0.05) is 23.5 Å². The van der Waals surface area contributed by atoms with Gasteiger partial charge in [-0.05, 0) is 62.1 Å². The molecule has 4 atom stereocenters. The summed E-state index contributed by atoms with van der Waals surface area (Å²) in [5.74, 6) is -2.48. The lowest BCUT2D eigenvalue weighted by atomic mass is 9.99. The molecule has 1 heterocycles. The molecule has 0 spiro atoms. The average Bonchev–Trinajstić information content (AvgIpc) is 3.29. The molecule has 0 fully saturated rings. The van der Waals surface area contributed by atoms with Crippen molar-refractivity contribution in [2.45, 2.75) is 90.4 Å². The number of nitrogens with one attached hydrogen (secondary N) is 4. The summed E-state index contributed by atoms with van der Waals surface area (Å²) in [6.45, 7) is 8.19. The van der Waals surface area contributed by atoms with E-state index in [9.17, 15) is 24.3 Å². The Hall–Kier alpha value is -3.44. The third-order valence-corrected chi connectivity index (χ3v) is 6.70. The van der Waals surface area contributed by atoms with E-state index in [2.05, 4.69) is 20.9 Å². The second-order valence-electron chi connectivity index (χ2n) is 11.2. The highest BCUT2D eigenvalue weighted by atomic mass is 16.4. The zero-order valence-electron chi connectivity index (χ0n) is 24.0. The third-order valence-electron chi connectivity index (χ3n) is 6.70. The second kappa shape index (κ2) is 16.0. The Bertz CT molecular complexity index is 1130. The van der Waals surface area contributed by atoms with E-state index in [1.807, 2.05) is 52.0 Å². The molecule has 11 nitrogen and oxygen atoms in total. The monoisotopic (exact) mass is 558 g/mol. The molecule has 2 aromatic rings. The van der Waals surface area contributed by atoms with Gasteiger partial charge in [-0.15, -0.1) is 0 Å². The molecule has 1 aromatic heterocycles. The topological polar surface area (TPSA) is 192 Å². The Kier molecular flexibility index (Phi) is 13.1. The highest BCUT2D eigenvalue weighted by Crippen LogP contribution is 2.20. The first-order valence-electron chi connectivity index (χ1n) is 14.1. The smallest absolute Gasteiger partial charge is 0.326 e. The molecular formula is C29H46N6O5. The van der Waals surface area contributed by atoms with Crippen LogP contribution in [0.1, 0.15) is 65.4 Å². The van der Waals surface area contributed by atoms with E-state index in [1.54, 1.807) is 6.20 Å². The zero-order chi connectivity index (χ0) is 29.8. The molecular weight excluding hydrogens is 512 g/mol. The fraction of sp³-hybridized carbons (Fsp3) is 0.586. The summed E-state index contributed by atoms with van der Waals surface area (Å²) in [6, 6.07) is 3.68. The SMILES string of the molecule is CC(C)CC(N)C(=O)NC(CC(C)C)C(=O)NC(Cc1c[nH]c2ccccc12)C(=O)NC(CCCCN)C(=O)O. The third kappa shape index (κ3) is 10.3. The van der Waals surface area contributed by atoms with Gasteiger partial charge in [-0.3, -0.25) is 14.4 Å². The fourth-order valence-corrected chi connectivity index (χ4v) is 4.62. The van der Waals surface area contributed by atoms with Crippen LogP contribution in [0, 0.1) is 11.8 Å². The van der Waals surface area contributed by atoms with E-state index in [1.165, 1.54) is 0 Å². The minimum atomic E-state index is -1.16. The van der Waals surface area contributed by atoms with E-state index >= 15 is 0 Å². The summed E-state index contributed by atoms with van der Waals surface area (Å²) in [4.78, 5) is 54.8. The van der Waals surface area contributed by atoms with Crippen LogP contribution in [0.4, 0.5) is 0 Å². The van der Waals surface area contributed by atoms with Gasteiger partial charge in [0.15, 0.2) is 0 Å². The van der Waals surface area contributed by atoms with E-state index < -0.39 is 47.9 Å². The van der Waals surface area contributed by atoms with Gasteiger partial charge in [0.25, 0.3) is 0 Å². The van der Waals surface area contributed by atoms with Gasteiger partial charge in [-0.25, -0.2) is 4.79 Å². The number of fused-ring (bicyclic) bond motifs is 1. The number of aliphatic carboxylic acids is 1. The van der Waals surface area contributed by atoms with Crippen LogP contribution in [0.2, 0.25) is 0 Å².